The van der Waals surface area contributed by atoms with Crippen LogP contribution in [0.2, 0.25) is 0 Å². The van der Waals surface area contributed by atoms with Gasteiger partial charge in [-0.05, 0) is 46.3 Å². The third kappa shape index (κ3) is 4.46. The summed E-state index contributed by atoms with van der Waals surface area (Å²) < 4.78 is 18.6. The minimum absolute atomic E-state index is 0.278. The van der Waals surface area contributed by atoms with Gasteiger partial charge >= 0.3 is 0 Å². The lowest BCUT2D eigenvalue weighted by Crippen LogP contribution is -2.13. The number of aryl methyl sites for hydroxylation is 1. The summed E-state index contributed by atoms with van der Waals surface area (Å²) in [5, 5.41) is 6.62. The maximum Gasteiger partial charge on any atom is 0.256 e. The Balaban J connectivity index is 1.76. The fourth-order valence-corrected chi connectivity index (χ4v) is 3.45. The average molecular weight is 422 g/mol. The van der Waals surface area contributed by atoms with E-state index in [1.54, 1.807) is 19.1 Å². The Labute approximate surface area is 156 Å². The Morgan fingerprint density at radius 2 is 2.12 bits per heavy atom. The van der Waals surface area contributed by atoms with Crippen LogP contribution in [0, 0.1) is 12.7 Å². The zero-order chi connectivity index (χ0) is 17.8. The van der Waals surface area contributed by atoms with Gasteiger partial charge in [0.15, 0.2) is 5.82 Å². The van der Waals surface area contributed by atoms with Gasteiger partial charge in [-0.3, -0.25) is 4.79 Å². The maximum absolute atomic E-state index is 13.2. The number of anilines is 1. The minimum atomic E-state index is -0.378. The molecular formula is C17H13BrFN3O2S. The van der Waals surface area contributed by atoms with Crippen molar-refractivity contribution in [2.24, 2.45) is 0 Å². The number of nitrogens with zero attached hydrogens (tertiary/aromatic N) is 2. The van der Waals surface area contributed by atoms with E-state index in [1.165, 1.54) is 30.0 Å². The quantitative estimate of drug-likeness (QED) is 0.597. The first-order chi connectivity index (χ1) is 12.0. The lowest BCUT2D eigenvalue weighted by Gasteiger charge is -2.10. The van der Waals surface area contributed by atoms with Gasteiger partial charge in [0.05, 0.1) is 17.0 Å². The summed E-state index contributed by atoms with van der Waals surface area (Å²) in [5.74, 6) is 0.903. The highest BCUT2D eigenvalue weighted by atomic mass is 79.9. The highest BCUT2D eigenvalue weighted by Crippen LogP contribution is 2.28. The Kier molecular flexibility index (Phi) is 5.50. The summed E-state index contributed by atoms with van der Waals surface area (Å²) in [7, 11) is 0. The Morgan fingerprint density at radius 1 is 1.32 bits per heavy atom. The molecule has 0 fully saturated rings. The zero-order valence-electron chi connectivity index (χ0n) is 13.1. The number of halogens is 2. The molecule has 8 heteroatoms. The molecule has 1 amide bonds. The SMILES string of the molecule is Cc1nc(CSc2ccccc2C(=O)Nc2ccc(F)cc2Br)no1. The van der Waals surface area contributed by atoms with Crippen LogP contribution in [0.5, 0.6) is 0 Å². The van der Waals surface area contributed by atoms with Gasteiger partial charge < -0.3 is 9.84 Å². The van der Waals surface area contributed by atoms with Crippen LogP contribution < -0.4 is 5.32 Å². The third-order valence-corrected chi connectivity index (χ3v) is 4.96. The Morgan fingerprint density at radius 3 is 2.84 bits per heavy atom. The standard InChI is InChI=1S/C17H13BrFN3O2S/c1-10-20-16(22-24-10)9-25-15-5-3-2-4-12(15)17(23)21-14-7-6-11(19)8-13(14)18/h2-8H,9H2,1H3,(H,21,23). The van der Waals surface area contributed by atoms with E-state index in [1.807, 2.05) is 12.1 Å². The predicted octanol–water partition coefficient (Wildman–Crippen LogP) is 4.82. The van der Waals surface area contributed by atoms with Gasteiger partial charge in [0.2, 0.25) is 5.89 Å². The number of rotatable bonds is 5. The maximum atomic E-state index is 13.2. The van der Waals surface area contributed by atoms with Crippen molar-refractivity contribution in [3.63, 3.8) is 0 Å². The molecule has 3 rings (SSSR count). The van der Waals surface area contributed by atoms with Gasteiger partial charge in [-0.15, -0.1) is 11.8 Å². The molecule has 1 aromatic heterocycles. The molecule has 25 heavy (non-hydrogen) atoms. The summed E-state index contributed by atoms with van der Waals surface area (Å²) in [6.45, 7) is 1.73. The van der Waals surface area contributed by atoms with Crippen molar-refractivity contribution in [3.8, 4) is 0 Å². The van der Waals surface area contributed by atoms with E-state index in [-0.39, 0.29) is 11.7 Å². The summed E-state index contributed by atoms with van der Waals surface area (Å²) in [4.78, 5) is 17.5. The van der Waals surface area contributed by atoms with E-state index in [9.17, 15) is 9.18 Å². The van der Waals surface area contributed by atoms with Crippen LogP contribution in [-0.4, -0.2) is 16.0 Å². The van der Waals surface area contributed by atoms with E-state index >= 15 is 0 Å². The van der Waals surface area contributed by atoms with Gasteiger partial charge in [-0.1, -0.05) is 17.3 Å². The molecule has 0 atom stereocenters. The second-order valence-corrected chi connectivity index (χ2v) is 6.96. The fraction of sp³-hybridized carbons (Fsp3) is 0.118. The molecule has 0 saturated carbocycles. The number of carbonyl (C=O) groups is 1. The first-order valence-corrected chi connectivity index (χ1v) is 9.08. The van der Waals surface area contributed by atoms with Crippen molar-refractivity contribution in [1.29, 1.82) is 0 Å². The van der Waals surface area contributed by atoms with Crippen LogP contribution in [0.15, 0.2) is 56.4 Å². The molecule has 1 N–H and O–H groups in total. The van der Waals surface area contributed by atoms with Crippen molar-refractivity contribution in [1.82, 2.24) is 10.1 Å². The first kappa shape index (κ1) is 17.6. The summed E-state index contributed by atoms with van der Waals surface area (Å²) in [6.07, 6.45) is 0. The molecule has 1 heterocycles. The highest BCUT2D eigenvalue weighted by Gasteiger charge is 2.14. The highest BCUT2D eigenvalue weighted by molar-refractivity contribution is 9.10. The monoisotopic (exact) mass is 421 g/mol. The predicted molar refractivity (Wildman–Crippen MR) is 97.1 cm³/mol. The second-order valence-electron chi connectivity index (χ2n) is 5.09. The van der Waals surface area contributed by atoms with E-state index in [0.29, 0.717) is 33.2 Å². The normalized spacial score (nSPS) is 10.7. The van der Waals surface area contributed by atoms with Crippen LogP contribution in [0.1, 0.15) is 22.1 Å². The number of hydrogen-bond donors (Lipinski definition) is 1. The second kappa shape index (κ2) is 7.79. The average Bonchev–Trinajstić information content (AvgIpc) is 3.01. The molecule has 5 nitrogen and oxygen atoms in total. The molecule has 0 saturated heterocycles. The molecule has 3 aromatic rings. The van der Waals surface area contributed by atoms with Crippen LogP contribution in [0.25, 0.3) is 0 Å². The third-order valence-electron chi connectivity index (χ3n) is 3.24. The summed E-state index contributed by atoms with van der Waals surface area (Å²) in [6, 6.07) is 11.3. The van der Waals surface area contributed by atoms with Gasteiger partial charge in [0.1, 0.15) is 5.82 Å². The fourth-order valence-electron chi connectivity index (χ4n) is 2.10. The Hall–Kier alpha value is -2.19. The number of hydrogen-bond acceptors (Lipinski definition) is 5. The lowest BCUT2D eigenvalue weighted by molar-refractivity contribution is 0.102. The topological polar surface area (TPSA) is 68.0 Å². The number of amides is 1. The van der Waals surface area contributed by atoms with Gasteiger partial charge in [-0.2, -0.15) is 4.98 Å². The molecule has 0 aliphatic heterocycles. The number of thioether (sulfide) groups is 1. The van der Waals surface area contributed by atoms with Crippen LogP contribution >= 0.6 is 27.7 Å². The van der Waals surface area contributed by atoms with Crippen molar-refractivity contribution in [2.75, 3.05) is 5.32 Å². The van der Waals surface area contributed by atoms with Crippen molar-refractivity contribution < 1.29 is 13.7 Å². The van der Waals surface area contributed by atoms with E-state index in [2.05, 4.69) is 31.4 Å². The first-order valence-electron chi connectivity index (χ1n) is 7.30. The van der Waals surface area contributed by atoms with E-state index in [0.717, 1.165) is 4.90 Å². The minimum Gasteiger partial charge on any atom is -0.340 e. The molecular weight excluding hydrogens is 409 g/mol. The molecule has 0 unspecified atom stereocenters. The number of carbonyl (C=O) groups excluding carboxylic acids is 1. The van der Waals surface area contributed by atoms with Crippen molar-refractivity contribution >= 4 is 39.3 Å². The molecule has 128 valence electrons. The van der Waals surface area contributed by atoms with Crippen molar-refractivity contribution in [2.45, 2.75) is 17.6 Å². The largest absolute Gasteiger partial charge is 0.340 e. The molecule has 2 aromatic carbocycles. The van der Waals surface area contributed by atoms with Gasteiger partial charge in [0, 0.05) is 16.3 Å². The van der Waals surface area contributed by atoms with E-state index in [4.69, 9.17) is 4.52 Å². The molecule has 0 aliphatic rings. The van der Waals surface area contributed by atoms with E-state index < -0.39 is 0 Å². The number of nitrogens with one attached hydrogen (secondary N) is 1. The number of aromatic nitrogens is 2. The van der Waals surface area contributed by atoms with Crippen LogP contribution in [0.3, 0.4) is 0 Å². The van der Waals surface area contributed by atoms with Crippen LogP contribution in [-0.2, 0) is 5.75 Å². The molecule has 0 aliphatic carbocycles. The lowest BCUT2D eigenvalue weighted by atomic mass is 10.2. The van der Waals surface area contributed by atoms with Gasteiger partial charge in [-0.25, -0.2) is 4.39 Å². The Bertz CT molecular complexity index is 916. The smallest absolute Gasteiger partial charge is 0.256 e. The summed E-state index contributed by atoms with van der Waals surface area (Å²) >= 11 is 4.68. The van der Waals surface area contributed by atoms with Crippen LogP contribution in [0.4, 0.5) is 10.1 Å². The molecule has 0 radical (unpaired) electrons. The molecule has 0 bridgehead atoms. The van der Waals surface area contributed by atoms with Crippen molar-refractivity contribution in [3.05, 3.63) is 70.0 Å². The van der Waals surface area contributed by atoms with Gasteiger partial charge in [0.25, 0.3) is 5.91 Å². The molecule has 0 spiro atoms. The zero-order valence-corrected chi connectivity index (χ0v) is 15.5. The number of benzene rings is 2. The summed E-state index contributed by atoms with van der Waals surface area (Å²) in [5.41, 5.74) is 1.02.